The normalized spacial score (nSPS) is 12.0. The molecule has 13 heavy (non-hydrogen) atoms. The largest absolute Gasteiger partial charge is 0.0654 e. The van der Waals surface area contributed by atoms with Crippen LogP contribution in [0.3, 0.4) is 0 Å². The van der Waals surface area contributed by atoms with Gasteiger partial charge in [-0.15, -0.1) is 0 Å². The number of hydrogen-bond acceptors (Lipinski definition) is 0. The maximum Gasteiger partial charge on any atom is -0.0380 e. The quantitative estimate of drug-likeness (QED) is 0.488. The summed E-state index contributed by atoms with van der Waals surface area (Å²) in [6.07, 6.45) is 12.1. The van der Waals surface area contributed by atoms with Crippen LogP contribution in [0.4, 0.5) is 0 Å². The second kappa shape index (κ2) is 7.41. The van der Waals surface area contributed by atoms with Crippen molar-refractivity contribution in [3.05, 3.63) is 6.42 Å². The van der Waals surface area contributed by atoms with Crippen molar-refractivity contribution in [3.8, 4) is 0 Å². The monoisotopic (exact) mass is 183 g/mol. The molecule has 0 aliphatic rings. The Balaban J connectivity index is 3.00. The molecule has 0 amide bonds. The molecule has 0 spiro atoms. The molecule has 0 aliphatic carbocycles. The molecular formula is C13H27. The lowest BCUT2D eigenvalue weighted by atomic mass is 9.89. The lowest BCUT2D eigenvalue weighted by Crippen LogP contribution is -2.04. The van der Waals surface area contributed by atoms with Crippen molar-refractivity contribution < 1.29 is 0 Å². The molecule has 79 valence electrons. The van der Waals surface area contributed by atoms with Gasteiger partial charge in [0.05, 0.1) is 0 Å². The molecule has 0 aromatic heterocycles. The van der Waals surface area contributed by atoms with Crippen LogP contribution < -0.4 is 0 Å². The maximum absolute atomic E-state index is 2.46. The summed E-state index contributed by atoms with van der Waals surface area (Å²) in [6, 6.07) is 0. The SMILES string of the molecule is CCCCCCC[CH]CC(C)(C)C. The molecular weight excluding hydrogens is 156 g/mol. The van der Waals surface area contributed by atoms with E-state index in [4.69, 9.17) is 0 Å². The van der Waals surface area contributed by atoms with E-state index in [1.54, 1.807) is 0 Å². The van der Waals surface area contributed by atoms with Crippen molar-refractivity contribution in [2.24, 2.45) is 5.41 Å². The Morgan fingerprint density at radius 3 is 2.08 bits per heavy atom. The Morgan fingerprint density at radius 1 is 0.923 bits per heavy atom. The number of hydrogen-bond donors (Lipinski definition) is 0. The first-order valence-corrected chi connectivity index (χ1v) is 5.88. The van der Waals surface area contributed by atoms with E-state index in [9.17, 15) is 0 Å². The summed E-state index contributed by atoms with van der Waals surface area (Å²) < 4.78 is 0. The second-order valence-electron chi connectivity index (χ2n) is 5.26. The molecule has 0 heterocycles. The predicted octanol–water partition coefficient (Wildman–Crippen LogP) is 4.99. The van der Waals surface area contributed by atoms with Crippen LogP contribution in [0.1, 0.15) is 72.6 Å². The van der Waals surface area contributed by atoms with Gasteiger partial charge < -0.3 is 0 Å². The van der Waals surface area contributed by atoms with Crippen LogP contribution >= 0.6 is 0 Å². The van der Waals surface area contributed by atoms with Crippen LogP contribution in [0.2, 0.25) is 0 Å². The van der Waals surface area contributed by atoms with Crippen LogP contribution in [0.25, 0.3) is 0 Å². The van der Waals surface area contributed by atoms with Crippen molar-refractivity contribution >= 4 is 0 Å². The third-order valence-corrected chi connectivity index (χ3v) is 2.27. The highest BCUT2D eigenvalue weighted by molar-refractivity contribution is 4.73. The van der Waals surface area contributed by atoms with Gasteiger partial charge in [0, 0.05) is 0 Å². The minimum absolute atomic E-state index is 0.490. The first kappa shape index (κ1) is 13.0. The van der Waals surface area contributed by atoms with Crippen LogP contribution in [0.15, 0.2) is 0 Å². The van der Waals surface area contributed by atoms with Gasteiger partial charge in [0.2, 0.25) is 0 Å². The average molecular weight is 183 g/mol. The van der Waals surface area contributed by atoms with Gasteiger partial charge in [0.15, 0.2) is 0 Å². The van der Waals surface area contributed by atoms with E-state index in [0.29, 0.717) is 5.41 Å². The fourth-order valence-electron chi connectivity index (χ4n) is 1.43. The molecule has 0 atom stereocenters. The first-order chi connectivity index (χ1) is 6.06. The van der Waals surface area contributed by atoms with E-state index in [0.717, 1.165) is 0 Å². The molecule has 0 rings (SSSR count). The summed E-state index contributed by atoms with van der Waals surface area (Å²) in [6.45, 7) is 9.19. The molecule has 0 saturated carbocycles. The molecule has 1 radical (unpaired) electrons. The Hall–Kier alpha value is 0. The van der Waals surface area contributed by atoms with E-state index >= 15 is 0 Å². The van der Waals surface area contributed by atoms with Crippen LogP contribution in [-0.2, 0) is 0 Å². The summed E-state index contributed by atoms with van der Waals surface area (Å²) in [7, 11) is 0. The van der Waals surface area contributed by atoms with Gasteiger partial charge in [-0.1, -0.05) is 66.2 Å². The van der Waals surface area contributed by atoms with Crippen molar-refractivity contribution in [1.29, 1.82) is 0 Å². The maximum atomic E-state index is 2.46. The Morgan fingerprint density at radius 2 is 1.54 bits per heavy atom. The molecule has 0 fully saturated rings. The summed E-state index contributed by atoms with van der Waals surface area (Å²) in [5.74, 6) is 0. The van der Waals surface area contributed by atoms with Crippen LogP contribution in [0.5, 0.6) is 0 Å². The molecule has 0 N–H and O–H groups in total. The van der Waals surface area contributed by atoms with E-state index in [1.807, 2.05) is 0 Å². The van der Waals surface area contributed by atoms with Crippen molar-refractivity contribution in [3.63, 3.8) is 0 Å². The Labute approximate surface area is 85.1 Å². The zero-order valence-corrected chi connectivity index (χ0v) is 10.0. The van der Waals surface area contributed by atoms with E-state index in [2.05, 4.69) is 34.1 Å². The molecule has 0 aliphatic heterocycles. The molecule has 0 bridgehead atoms. The molecule has 0 aromatic rings. The zero-order chi connectivity index (χ0) is 10.2. The van der Waals surface area contributed by atoms with E-state index in [-0.39, 0.29) is 0 Å². The number of unbranched alkanes of at least 4 members (excludes halogenated alkanes) is 6. The highest BCUT2D eigenvalue weighted by atomic mass is 14.1. The van der Waals surface area contributed by atoms with Crippen molar-refractivity contribution in [2.45, 2.75) is 72.6 Å². The molecule has 0 nitrogen and oxygen atoms in total. The Kier molecular flexibility index (Phi) is 7.41. The van der Waals surface area contributed by atoms with E-state index < -0.39 is 0 Å². The molecule has 0 saturated heterocycles. The lowest BCUT2D eigenvalue weighted by Gasteiger charge is -2.17. The predicted molar refractivity (Wildman–Crippen MR) is 61.7 cm³/mol. The van der Waals surface area contributed by atoms with Gasteiger partial charge in [-0.2, -0.15) is 0 Å². The van der Waals surface area contributed by atoms with Gasteiger partial charge in [-0.3, -0.25) is 0 Å². The average Bonchev–Trinajstić information content (AvgIpc) is 2.01. The smallest absolute Gasteiger partial charge is 0.0380 e. The standard InChI is InChI=1S/C13H27/c1-5-6-7-8-9-10-11-12-13(2,3)4/h11H,5-10,12H2,1-4H3. The summed E-state index contributed by atoms with van der Waals surface area (Å²) in [4.78, 5) is 0. The fraction of sp³-hybridized carbons (Fsp3) is 0.923. The van der Waals surface area contributed by atoms with Crippen LogP contribution in [-0.4, -0.2) is 0 Å². The summed E-state index contributed by atoms with van der Waals surface area (Å²) >= 11 is 0. The second-order valence-corrected chi connectivity index (χ2v) is 5.26. The zero-order valence-electron chi connectivity index (χ0n) is 10.0. The molecule has 0 aromatic carbocycles. The van der Waals surface area contributed by atoms with Gasteiger partial charge in [0.25, 0.3) is 0 Å². The lowest BCUT2D eigenvalue weighted by molar-refractivity contribution is 0.399. The van der Waals surface area contributed by atoms with Crippen molar-refractivity contribution in [1.82, 2.24) is 0 Å². The number of rotatable bonds is 7. The Bertz CT molecular complexity index is 97.1. The third kappa shape index (κ3) is 12.0. The highest BCUT2D eigenvalue weighted by Crippen LogP contribution is 2.21. The van der Waals surface area contributed by atoms with Gasteiger partial charge in [-0.25, -0.2) is 0 Å². The fourth-order valence-corrected chi connectivity index (χ4v) is 1.43. The highest BCUT2D eigenvalue weighted by Gasteiger charge is 2.08. The molecule has 0 unspecified atom stereocenters. The minimum Gasteiger partial charge on any atom is -0.0654 e. The first-order valence-electron chi connectivity index (χ1n) is 5.88. The van der Waals surface area contributed by atoms with E-state index in [1.165, 1.54) is 44.9 Å². The van der Waals surface area contributed by atoms with Crippen LogP contribution in [0, 0.1) is 11.8 Å². The van der Waals surface area contributed by atoms with Gasteiger partial charge in [0.1, 0.15) is 0 Å². The minimum atomic E-state index is 0.490. The molecule has 0 heteroatoms. The topological polar surface area (TPSA) is 0 Å². The van der Waals surface area contributed by atoms with Gasteiger partial charge >= 0.3 is 0 Å². The summed E-state index contributed by atoms with van der Waals surface area (Å²) in [5, 5.41) is 0. The third-order valence-electron chi connectivity index (χ3n) is 2.27. The van der Waals surface area contributed by atoms with Gasteiger partial charge in [-0.05, 0) is 18.3 Å². The van der Waals surface area contributed by atoms with Crippen molar-refractivity contribution in [2.75, 3.05) is 0 Å². The summed E-state index contributed by atoms with van der Waals surface area (Å²) in [5.41, 5.74) is 0.490.